The highest BCUT2D eigenvalue weighted by molar-refractivity contribution is 8.06. The van der Waals surface area contributed by atoms with Crippen LogP contribution in [-0.2, 0) is 20.8 Å². The Labute approximate surface area is 227 Å². The summed E-state index contributed by atoms with van der Waals surface area (Å²) in [6, 6.07) is 0.719. The Morgan fingerprint density at radius 2 is 2.24 bits per heavy atom. The molecule has 0 bridgehead atoms. The van der Waals surface area contributed by atoms with E-state index in [-0.39, 0.29) is 26.6 Å². The summed E-state index contributed by atoms with van der Waals surface area (Å²) in [7, 11) is 0. The van der Waals surface area contributed by atoms with Crippen molar-refractivity contribution in [2.24, 2.45) is 5.16 Å². The summed E-state index contributed by atoms with van der Waals surface area (Å²) in [4.78, 5) is 48.2. The number of carbonyl (C=O) groups excluding carboxylic acids is 3. The number of halogens is 1. The number of quaternary nitrogens is 1. The van der Waals surface area contributed by atoms with E-state index in [1.54, 1.807) is 18.5 Å². The third-order valence-electron chi connectivity index (χ3n) is 5.32. The molecule has 2 atom stereocenters. The number of aromatic nitrogens is 2. The number of oxime groups is 1. The average molecular weight is 582 g/mol. The van der Waals surface area contributed by atoms with Crippen LogP contribution < -0.4 is 21.9 Å². The number of allylic oxidation sites excluding steroid dienone is 1. The van der Waals surface area contributed by atoms with E-state index < -0.39 is 34.9 Å². The molecule has 37 heavy (non-hydrogen) atoms. The van der Waals surface area contributed by atoms with Gasteiger partial charge in [0.1, 0.15) is 21.4 Å². The smallest absolute Gasteiger partial charge is 0.276 e. The van der Waals surface area contributed by atoms with Crippen molar-refractivity contribution in [2.45, 2.75) is 22.7 Å². The summed E-state index contributed by atoms with van der Waals surface area (Å²) in [6.45, 7) is 0.645. The van der Waals surface area contributed by atoms with Crippen molar-refractivity contribution in [3.8, 4) is 0 Å². The SMILES string of the molecule is Nc1nc(/C(=N/O)C(=O)N[C@@H]2C(=O)N3C(C(=O)[O-])=C(Sc4ccncc4C/C=C\C[NH3+])CS[C@H]23)c(Cl)s1. The zero-order valence-electron chi connectivity index (χ0n) is 18.9. The first-order valence-electron chi connectivity index (χ1n) is 10.7. The quantitative estimate of drug-likeness (QED) is 0.0977. The maximum absolute atomic E-state index is 13.0. The Bertz CT molecular complexity index is 1350. The number of carboxylic acids is 1. The van der Waals surface area contributed by atoms with Gasteiger partial charge in [0.15, 0.2) is 10.8 Å². The van der Waals surface area contributed by atoms with Gasteiger partial charge in [-0.1, -0.05) is 45.9 Å². The van der Waals surface area contributed by atoms with Gasteiger partial charge in [0, 0.05) is 27.9 Å². The molecule has 16 heteroatoms. The van der Waals surface area contributed by atoms with Crippen LogP contribution in [0.25, 0.3) is 0 Å². The fourth-order valence-corrected chi connectivity index (χ4v) is 7.16. The topological polar surface area (TPSA) is 202 Å². The number of fused-ring (bicyclic) bond motifs is 1. The van der Waals surface area contributed by atoms with E-state index in [2.05, 4.69) is 26.2 Å². The lowest BCUT2D eigenvalue weighted by Gasteiger charge is -2.50. The second-order valence-electron chi connectivity index (χ2n) is 7.59. The molecule has 0 radical (unpaired) electrons. The first kappa shape index (κ1) is 26.9. The maximum atomic E-state index is 13.0. The van der Waals surface area contributed by atoms with Crippen molar-refractivity contribution < 1.29 is 30.4 Å². The van der Waals surface area contributed by atoms with E-state index in [1.807, 2.05) is 12.2 Å². The predicted molar refractivity (Wildman–Crippen MR) is 138 cm³/mol. The van der Waals surface area contributed by atoms with Crippen molar-refractivity contribution >= 4 is 75.1 Å². The standard InChI is InChI=1S/C21H20ClN7O5S3/c22-16-12(27-21(24)37-16)13(28-34)17(30)26-14-18(31)29-15(20(32)33)11(8-35-19(14)29)36-10-4-6-25-7-9(10)3-1-2-5-23/h1-2,4,6-7,14,19,34H,3,5,8,23H2,(H2,24,27)(H,26,30)(H,32,33)/b2-1-,28-13-/t14-,19-/m1/s1. The molecule has 2 aliphatic rings. The molecule has 0 aromatic carbocycles. The summed E-state index contributed by atoms with van der Waals surface area (Å²) in [5, 5.41) is 26.3. The molecule has 1 saturated heterocycles. The number of pyridine rings is 1. The van der Waals surface area contributed by atoms with Gasteiger partial charge in [0.05, 0.1) is 18.2 Å². The molecule has 2 amide bonds. The Morgan fingerprint density at radius 3 is 2.89 bits per heavy atom. The number of nitrogens with one attached hydrogen (secondary N) is 1. The number of anilines is 1. The largest absolute Gasteiger partial charge is 0.543 e. The fourth-order valence-electron chi connectivity index (χ4n) is 3.66. The van der Waals surface area contributed by atoms with E-state index in [1.165, 1.54) is 23.5 Å². The molecular formula is C21H20ClN7O5S3. The van der Waals surface area contributed by atoms with Crippen molar-refractivity contribution in [1.29, 1.82) is 0 Å². The predicted octanol–water partition coefficient (Wildman–Crippen LogP) is -0.554. The van der Waals surface area contributed by atoms with Gasteiger partial charge in [-0.15, -0.1) is 11.8 Å². The van der Waals surface area contributed by atoms with Crippen LogP contribution in [0.1, 0.15) is 11.3 Å². The summed E-state index contributed by atoms with van der Waals surface area (Å²) < 4.78 is 0.0372. The average Bonchev–Trinajstić information content (AvgIpc) is 3.20. The minimum Gasteiger partial charge on any atom is -0.543 e. The van der Waals surface area contributed by atoms with Crippen molar-refractivity contribution in [3.05, 3.63) is 56.8 Å². The fraction of sp³-hybridized carbons (Fsp3) is 0.238. The van der Waals surface area contributed by atoms with Gasteiger partial charge in [0.2, 0.25) is 0 Å². The number of amides is 2. The van der Waals surface area contributed by atoms with Gasteiger partial charge in [-0.25, -0.2) is 4.98 Å². The number of rotatable bonds is 9. The molecule has 7 N–H and O–H groups in total. The van der Waals surface area contributed by atoms with Crippen LogP contribution in [0, 0.1) is 0 Å². The summed E-state index contributed by atoms with van der Waals surface area (Å²) in [6.07, 6.45) is 7.78. The summed E-state index contributed by atoms with van der Waals surface area (Å²) in [5.74, 6) is -2.79. The number of nitrogen functional groups attached to an aromatic ring is 1. The molecule has 12 nitrogen and oxygen atoms in total. The molecule has 194 valence electrons. The highest BCUT2D eigenvalue weighted by Crippen LogP contribution is 2.45. The summed E-state index contributed by atoms with van der Waals surface area (Å²) >= 11 is 9.41. The van der Waals surface area contributed by atoms with E-state index >= 15 is 0 Å². The molecule has 0 saturated carbocycles. The van der Waals surface area contributed by atoms with Crippen LogP contribution in [0.5, 0.6) is 0 Å². The van der Waals surface area contributed by atoms with Gasteiger partial charge < -0.3 is 31.9 Å². The molecule has 0 spiro atoms. The van der Waals surface area contributed by atoms with Crippen LogP contribution in [0.15, 0.2) is 51.3 Å². The lowest BCUT2D eigenvalue weighted by atomic mass is 10.0. The Kier molecular flexibility index (Phi) is 8.39. The highest BCUT2D eigenvalue weighted by Gasteiger charge is 2.53. The first-order valence-corrected chi connectivity index (χ1v) is 13.7. The Hall–Kier alpha value is -3.11. The van der Waals surface area contributed by atoms with Gasteiger partial charge >= 0.3 is 0 Å². The van der Waals surface area contributed by atoms with Gasteiger partial charge in [0.25, 0.3) is 11.8 Å². The third-order valence-corrected chi connectivity index (χ3v) is 9.07. The number of carbonyl (C=O) groups is 3. The third kappa shape index (κ3) is 5.45. The molecule has 4 heterocycles. The molecule has 0 aliphatic carbocycles. The number of hydrogen-bond donors (Lipinski definition) is 4. The van der Waals surface area contributed by atoms with Crippen LogP contribution >= 0.6 is 46.5 Å². The van der Waals surface area contributed by atoms with E-state index in [0.29, 0.717) is 17.9 Å². The van der Waals surface area contributed by atoms with Gasteiger partial charge in [-0.3, -0.25) is 19.5 Å². The normalized spacial score (nSPS) is 19.7. The zero-order valence-corrected chi connectivity index (χ0v) is 22.1. The molecular weight excluding hydrogens is 562 g/mol. The number of nitrogens with zero attached hydrogens (tertiary/aromatic N) is 4. The maximum Gasteiger partial charge on any atom is 0.276 e. The summed E-state index contributed by atoms with van der Waals surface area (Å²) in [5.41, 5.74) is 9.35. The molecule has 2 aliphatic heterocycles. The Balaban J connectivity index is 1.54. The lowest BCUT2D eigenvalue weighted by Crippen LogP contribution is -2.71. The molecule has 2 aromatic rings. The molecule has 4 rings (SSSR count). The molecule has 1 fully saturated rings. The van der Waals surface area contributed by atoms with Crippen LogP contribution in [-0.4, -0.2) is 67.3 Å². The van der Waals surface area contributed by atoms with Gasteiger partial charge in [-0.2, -0.15) is 0 Å². The lowest BCUT2D eigenvalue weighted by molar-refractivity contribution is -0.352. The van der Waals surface area contributed by atoms with Crippen molar-refractivity contribution in [3.63, 3.8) is 0 Å². The van der Waals surface area contributed by atoms with Crippen LogP contribution in [0.2, 0.25) is 4.34 Å². The monoisotopic (exact) mass is 581 g/mol. The minimum atomic E-state index is -1.50. The second-order valence-corrected chi connectivity index (χ2v) is 11.5. The number of β-lactam (4-membered cyclic amide) rings is 1. The number of thiazole rings is 1. The van der Waals surface area contributed by atoms with E-state index in [4.69, 9.17) is 17.3 Å². The van der Waals surface area contributed by atoms with Crippen LogP contribution in [0.3, 0.4) is 0 Å². The van der Waals surface area contributed by atoms with Crippen molar-refractivity contribution in [1.82, 2.24) is 20.2 Å². The van der Waals surface area contributed by atoms with Crippen LogP contribution in [0.4, 0.5) is 5.13 Å². The number of aliphatic carboxylic acids is 1. The van der Waals surface area contributed by atoms with Gasteiger partial charge in [-0.05, 0) is 24.1 Å². The molecule has 0 unspecified atom stereocenters. The van der Waals surface area contributed by atoms with Crippen molar-refractivity contribution in [2.75, 3.05) is 18.0 Å². The first-order chi connectivity index (χ1) is 17.8. The van der Waals surface area contributed by atoms with E-state index in [0.717, 1.165) is 26.7 Å². The Morgan fingerprint density at radius 1 is 1.46 bits per heavy atom. The molecule has 2 aromatic heterocycles. The number of nitrogens with two attached hydrogens (primary N) is 1. The zero-order chi connectivity index (χ0) is 26.7. The number of thioether (sulfide) groups is 2. The second kappa shape index (κ2) is 11.5. The highest BCUT2D eigenvalue weighted by atomic mass is 35.5. The number of carboxylic acid groups (broad SMARTS) is 1. The van der Waals surface area contributed by atoms with E-state index in [9.17, 15) is 24.7 Å². The minimum absolute atomic E-state index is 0.0372. The number of hydrogen-bond acceptors (Lipinski definition) is 12.